The van der Waals surface area contributed by atoms with Gasteiger partial charge in [0.2, 0.25) is 0 Å². The molecule has 0 aromatic heterocycles. The van der Waals surface area contributed by atoms with E-state index in [1.807, 2.05) is 74.6 Å². The van der Waals surface area contributed by atoms with Gasteiger partial charge in [-0.05, 0) is 61.5 Å². The molecule has 1 amide bonds. The van der Waals surface area contributed by atoms with Crippen LogP contribution in [-0.2, 0) is 0 Å². The summed E-state index contributed by atoms with van der Waals surface area (Å²) in [5.74, 6) is 1.19. The maximum Gasteiger partial charge on any atom is 0.255 e. The number of ether oxygens (including phenoxy) is 1. The minimum Gasteiger partial charge on any atom is -0.457 e. The molecule has 4 nitrogen and oxygen atoms in total. The molecule has 126 valence electrons. The second kappa shape index (κ2) is 7.53. The molecule has 0 unspecified atom stereocenters. The van der Waals surface area contributed by atoms with Crippen molar-refractivity contribution in [1.29, 1.82) is 0 Å². The van der Waals surface area contributed by atoms with Crippen LogP contribution in [0.1, 0.15) is 15.9 Å². The van der Waals surface area contributed by atoms with E-state index in [1.165, 1.54) is 5.56 Å². The van der Waals surface area contributed by atoms with E-state index in [9.17, 15) is 4.79 Å². The van der Waals surface area contributed by atoms with E-state index in [4.69, 9.17) is 4.74 Å². The highest BCUT2D eigenvalue weighted by Gasteiger charge is 2.08. The summed E-state index contributed by atoms with van der Waals surface area (Å²) >= 11 is 0. The Morgan fingerprint density at radius 3 is 2.20 bits per heavy atom. The quantitative estimate of drug-likeness (QED) is 0.685. The van der Waals surface area contributed by atoms with Crippen LogP contribution in [0.5, 0.6) is 11.5 Å². The Labute approximate surface area is 147 Å². The number of hydrogen-bond donors (Lipinski definition) is 2. The SMILES string of the molecule is CNc1ccc(NC(=O)c2cccc(Oc3ccc(C)cc3)c2)cc1. The largest absolute Gasteiger partial charge is 0.457 e. The number of hydrogen-bond acceptors (Lipinski definition) is 3. The fourth-order valence-electron chi connectivity index (χ4n) is 2.37. The molecule has 0 aliphatic heterocycles. The van der Waals surface area contributed by atoms with Crippen molar-refractivity contribution in [2.45, 2.75) is 6.92 Å². The van der Waals surface area contributed by atoms with Crippen molar-refractivity contribution < 1.29 is 9.53 Å². The minimum absolute atomic E-state index is 0.174. The zero-order valence-electron chi connectivity index (χ0n) is 14.2. The summed E-state index contributed by atoms with van der Waals surface area (Å²) in [5.41, 5.74) is 3.45. The lowest BCUT2D eigenvalue weighted by molar-refractivity contribution is 0.102. The van der Waals surface area contributed by atoms with Crippen molar-refractivity contribution in [2.24, 2.45) is 0 Å². The lowest BCUT2D eigenvalue weighted by Gasteiger charge is -2.09. The number of benzene rings is 3. The second-order valence-corrected chi connectivity index (χ2v) is 5.72. The fourth-order valence-corrected chi connectivity index (χ4v) is 2.37. The molecule has 4 heteroatoms. The number of anilines is 2. The van der Waals surface area contributed by atoms with Gasteiger partial charge in [-0.25, -0.2) is 0 Å². The highest BCUT2D eigenvalue weighted by Crippen LogP contribution is 2.23. The molecule has 3 rings (SSSR count). The first kappa shape index (κ1) is 16.6. The third-order valence-electron chi connectivity index (χ3n) is 3.78. The summed E-state index contributed by atoms with van der Waals surface area (Å²) in [4.78, 5) is 12.4. The second-order valence-electron chi connectivity index (χ2n) is 5.72. The molecule has 0 radical (unpaired) electrons. The van der Waals surface area contributed by atoms with Gasteiger partial charge in [-0.1, -0.05) is 23.8 Å². The number of aryl methyl sites for hydroxylation is 1. The van der Waals surface area contributed by atoms with Crippen LogP contribution in [0.15, 0.2) is 72.8 Å². The normalized spacial score (nSPS) is 10.2. The van der Waals surface area contributed by atoms with Crippen molar-refractivity contribution in [3.63, 3.8) is 0 Å². The Kier molecular flexibility index (Phi) is 5.00. The number of carbonyl (C=O) groups excluding carboxylic acids is 1. The van der Waals surface area contributed by atoms with Gasteiger partial charge in [-0.2, -0.15) is 0 Å². The summed E-state index contributed by atoms with van der Waals surface area (Å²) in [5, 5.41) is 5.93. The van der Waals surface area contributed by atoms with Crippen molar-refractivity contribution in [2.75, 3.05) is 17.7 Å². The average molecular weight is 332 g/mol. The zero-order valence-corrected chi connectivity index (χ0v) is 14.2. The van der Waals surface area contributed by atoms with E-state index in [0.29, 0.717) is 11.3 Å². The van der Waals surface area contributed by atoms with Crippen molar-refractivity contribution >= 4 is 17.3 Å². The fraction of sp³-hybridized carbons (Fsp3) is 0.0952. The van der Waals surface area contributed by atoms with E-state index in [0.717, 1.165) is 17.1 Å². The lowest BCUT2D eigenvalue weighted by atomic mass is 10.2. The molecule has 3 aromatic rings. The standard InChI is InChI=1S/C21H20N2O2/c1-15-6-12-19(13-7-15)25-20-5-3-4-16(14-20)21(24)23-18-10-8-17(22-2)9-11-18/h3-14,22H,1-2H3,(H,23,24). The van der Waals surface area contributed by atoms with Crippen LogP contribution in [0, 0.1) is 6.92 Å². The van der Waals surface area contributed by atoms with E-state index in [1.54, 1.807) is 12.1 Å². The summed E-state index contributed by atoms with van der Waals surface area (Å²) in [6.07, 6.45) is 0. The first-order valence-corrected chi connectivity index (χ1v) is 8.08. The van der Waals surface area contributed by atoms with Crippen LogP contribution >= 0.6 is 0 Å². The first-order valence-electron chi connectivity index (χ1n) is 8.08. The van der Waals surface area contributed by atoms with E-state index in [2.05, 4.69) is 10.6 Å². The molecule has 2 N–H and O–H groups in total. The van der Waals surface area contributed by atoms with Crippen molar-refractivity contribution in [1.82, 2.24) is 0 Å². The van der Waals surface area contributed by atoms with Gasteiger partial charge in [0.25, 0.3) is 5.91 Å². The Bertz CT molecular complexity index is 856. The van der Waals surface area contributed by atoms with Crippen LogP contribution in [0.4, 0.5) is 11.4 Å². The summed E-state index contributed by atoms with van der Waals surface area (Å²) in [6, 6.07) is 22.5. The molecule has 0 fully saturated rings. The van der Waals surface area contributed by atoms with Crippen LogP contribution in [0.25, 0.3) is 0 Å². The van der Waals surface area contributed by atoms with Gasteiger partial charge in [-0.15, -0.1) is 0 Å². The number of rotatable bonds is 5. The molecule has 0 bridgehead atoms. The molecule has 0 aliphatic carbocycles. The van der Waals surface area contributed by atoms with Gasteiger partial charge in [-0.3, -0.25) is 4.79 Å². The van der Waals surface area contributed by atoms with Crippen LogP contribution in [0.2, 0.25) is 0 Å². The van der Waals surface area contributed by atoms with Crippen molar-refractivity contribution in [3.8, 4) is 11.5 Å². The van der Waals surface area contributed by atoms with Gasteiger partial charge in [0, 0.05) is 24.0 Å². The van der Waals surface area contributed by atoms with Gasteiger partial charge in [0.1, 0.15) is 11.5 Å². The number of amides is 1. The topological polar surface area (TPSA) is 50.4 Å². The number of carbonyl (C=O) groups is 1. The van der Waals surface area contributed by atoms with E-state index >= 15 is 0 Å². The van der Waals surface area contributed by atoms with Crippen molar-refractivity contribution in [3.05, 3.63) is 83.9 Å². The molecule has 0 saturated carbocycles. The predicted molar refractivity (Wildman–Crippen MR) is 102 cm³/mol. The van der Waals surface area contributed by atoms with Gasteiger partial charge >= 0.3 is 0 Å². The van der Waals surface area contributed by atoms with Gasteiger partial charge in [0.15, 0.2) is 0 Å². The van der Waals surface area contributed by atoms with Crippen LogP contribution < -0.4 is 15.4 Å². The summed E-state index contributed by atoms with van der Waals surface area (Å²) in [6.45, 7) is 2.03. The molecular formula is C21H20N2O2. The maximum absolute atomic E-state index is 12.4. The number of nitrogens with one attached hydrogen (secondary N) is 2. The van der Waals surface area contributed by atoms with Gasteiger partial charge < -0.3 is 15.4 Å². The average Bonchev–Trinajstić information content (AvgIpc) is 2.64. The molecule has 0 heterocycles. The molecule has 0 aliphatic rings. The monoisotopic (exact) mass is 332 g/mol. The Morgan fingerprint density at radius 1 is 0.840 bits per heavy atom. The molecule has 0 atom stereocenters. The summed E-state index contributed by atoms with van der Waals surface area (Å²) < 4.78 is 5.82. The van der Waals surface area contributed by atoms with Crippen LogP contribution in [0.3, 0.4) is 0 Å². The Morgan fingerprint density at radius 2 is 1.52 bits per heavy atom. The third-order valence-corrected chi connectivity index (χ3v) is 3.78. The predicted octanol–water partition coefficient (Wildman–Crippen LogP) is 5.08. The molecule has 0 saturated heterocycles. The van der Waals surface area contributed by atoms with E-state index in [-0.39, 0.29) is 5.91 Å². The minimum atomic E-state index is -0.174. The highest BCUT2D eigenvalue weighted by molar-refractivity contribution is 6.04. The maximum atomic E-state index is 12.4. The highest BCUT2D eigenvalue weighted by atomic mass is 16.5. The summed E-state index contributed by atoms with van der Waals surface area (Å²) in [7, 11) is 1.85. The molecule has 3 aromatic carbocycles. The smallest absolute Gasteiger partial charge is 0.255 e. The third kappa shape index (κ3) is 4.38. The zero-order chi connectivity index (χ0) is 17.6. The molecule has 25 heavy (non-hydrogen) atoms. The lowest BCUT2D eigenvalue weighted by Crippen LogP contribution is -2.11. The molecular weight excluding hydrogens is 312 g/mol. The Hall–Kier alpha value is -3.27. The Balaban J connectivity index is 1.71. The van der Waals surface area contributed by atoms with Gasteiger partial charge in [0.05, 0.1) is 0 Å². The van der Waals surface area contributed by atoms with E-state index < -0.39 is 0 Å². The van der Waals surface area contributed by atoms with Crippen LogP contribution in [-0.4, -0.2) is 13.0 Å². The first-order chi connectivity index (χ1) is 12.1. The molecule has 0 spiro atoms.